The van der Waals surface area contributed by atoms with Crippen LogP contribution >= 0.6 is 0 Å². The van der Waals surface area contributed by atoms with Crippen molar-refractivity contribution < 1.29 is 37.5 Å². The van der Waals surface area contributed by atoms with Gasteiger partial charge >= 0.3 is 11.9 Å². The summed E-state index contributed by atoms with van der Waals surface area (Å²) in [5.74, 6) is -4.16. The van der Waals surface area contributed by atoms with Gasteiger partial charge in [0.25, 0.3) is 5.69 Å². The standard InChI is InChI=1S/C18H16F2N2O7/c1-27-17(23)10-6-12(19)9(5-14(10)21)3-4-29-16-8-15(22(25)26)11(7-13(16)20)18(24)28-2/h5-8H,3-4,21H2,1-2H3. The molecule has 0 radical (unpaired) electrons. The quantitative estimate of drug-likeness (QED) is 0.319. The van der Waals surface area contributed by atoms with Gasteiger partial charge in [-0.25, -0.2) is 18.4 Å². The third-order valence-electron chi connectivity index (χ3n) is 3.91. The highest BCUT2D eigenvalue weighted by molar-refractivity contribution is 5.95. The molecule has 0 unspecified atom stereocenters. The summed E-state index contributed by atoms with van der Waals surface area (Å²) in [5.41, 5.74) is 4.35. The molecule has 0 aliphatic heterocycles. The molecular formula is C18H16F2N2O7. The second-order valence-corrected chi connectivity index (χ2v) is 5.67. The summed E-state index contributed by atoms with van der Waals surface area (Å²) in [4.78, 5) is 33.3. The predicted octanol–water partition coefficient (Wildman–Crippen LogP) is 2.65. The first-order valence-corrected chi connectivity index (χ1v) is 8.04. The number of hydrogen-bond acceptors (Lipinski definition) is 8. The number of halogens is 2. The molecule has 0 aliphatic rings. The van der Waals surface area contributed by atoms with Crippen LogP contribution in [0.5, 0.6) is 5.75 Å². The zero-order valence-electron chi connectivity index (χ0n) is 15.4. The maximum atomic E-state index is 14.1. The number of nitrogens with two attached hydrogens (primary N) is 1. The number of esters is 2. The summed E-state index contributed by atoms with van der Waals surface area (Å²) in [6, 6.07) is 3.49. The molecule has 29 heavy (non-hydrogen) atoms. The van der Waals surface area contributed by atoms with E-state index in [1.165, 1.54) is 6.07 Å². The van der Waals surface area contributed by atoms with Crippen LogP contribution in [0.3, 0.4) is 0 Å². The normalized spacial score (nSPS) is 10.3. The Labute approximate surface area is 163 Å². The second kappa shape index (κ2) is 8.95. The minimum Gasteiger partial charge on any atom is -0.490 e. The topological polar surface area (TPSA) is 131 Å². The van der Waals surface area contributed by atoms with E-state index in [-0.39, 0.29) is 29.8 Å². The fourth-order valence-electron chi connectivity index (χ4n) is 2.46. The number of anilines is 1. The summed E-state index contributed by atoms with van der Waals surface area (Å²) in [6.45, 7) is -0.264. The lowest BCUT2D eigenvalue weighted by Crippen LogP contribution is -2.11. The lowest BCUT2D eigenvalue weighted by Gasteiger charge is -2.11. The molecule has 0 atom stereocenters. The molecule has 0 bridgehead atoms. The third-order valence-corrected chi connectivity index (χ3v) is 3.91. The van der Waals surface area contributed by atoms with Crippen molar-refractivity contribution in [3.8, 4) is 5.75 Å². The molecular weight excluding hydrogens is 394 g/mol. The van der Waals surface area contributed by atoms with Crippen molar-refractivity contribution >= 4 is 23.3 Å². The first kappa shape index (κ1) is 21.5. The number of benzene rings is 2. The van der Waals surface area contributed by atoms with E-state index in [0.29, 0.717) is 6.07 Å². The van der Waals surface area contributed by atoms with E-state index >= 15 is 0 Å². The van der Waals surface area contributed by atoms with Gasteiger partial charge in [-0.1, -0.05) is 0 Å². The number of rotatable bonds is 7. The highest BCUT2D eigenvalue weighted by Crippen LogP contribution is 2.29. The largest absolute Gasteiger partial charge is 0.490 e. The van der Waals surface area contributed by atoms with Crippen molar-refractivity contribution in [2.24, 2.45) is 0 Å². The number of hydrogen-bond donors (Lipinski definition) is 1. The highest BCUT2D eigenvalue weighted by atomic mass is 19.1. The molecule has 0 spiro atoms. The lowest BCUT2D eigenvalue weighted by atomic mass is 10.1. The fraction of sp³-hybridized carbons (Fsp3) is 0.222. The first-order valence-electron chi connectivity index (χ1n) is 8.04. The van der Waals surface area contributed by atoms with Gasteiger partial charge in [0.2, 0.25) is 0 Å². The Hall–Kier alpha value is -3.76. The molecule has 0 fully saturated rings. The molecule has 2 aromatic carbocycles. The number of nitrogen functional groups attached to an aromatic ring is 1. The van der Waals surface area contributed by atoms with Crippen LogP contribution in [0.15, 0.2) is 24.3 Å². The summed E-state index contributed by atoms with van der Waals surface area (Å²) in [6.07, 6.45) is -0.0799. The van der Waals surface area contributed by atoms with Gasteiger partial charge in [-0.15, -0.1) is 0 Å². The third kappa shape index (κ3) is 4.75. The smallest absolute Gasteiger partial charge is 0.345 e. The molecule has 11 heteroatoms. The average molecular weight is 410 g/mol. The average Bonchev–Trinajstić information content (AvgIpc) is 2.69. The van der Waals surface area contributed by atoms with E-state index in [0.717, 1.165) is 26.4 Å². The Balaban J connectivity index is 2.20. The van der Waals surface area contributed by atoms with Gasteiger partial charge in [-0.05, 0) is 23.8 Å². The summed E-state index contributed by atoms with van der Waals surface area (Å²) in [7, 11) is 2.13. The Kier molecular flexibility index (Phi) is 6.65. The van der Waals surface area contributed by atoms with Crippen LogP contribution in [-0.4, -0.2) is 37.7 Å². The first-order chi connectivity index (χ1) is 13.7. The van der Waals surface area contributed by atoms with Crippen LogP contribution in [0.4, 0.5) is 20.2 Å². The zero-order chi connectivity index (χ0) is 21.7. The van der Waals surface area contributed by atoms with E-state index in [9.17, 15) is 28.5 Å². The van der Waals surface area contributed by atoms with E-state index < -0.39 is 45.5 Å². The van der Waals surface area contributed by atoms with Gasteiger partial charge in [0, 0.05) is 12.1 Å². The number of nitro benzene ring substituents is 1. The maximum absolute atomic E-state index is 14.1. The van der Waals surface area contributed by atoms with E-state index in [1.54, 1.807) is 0 Å². The van der Waals surface area contributed by atoms with Crippen LogP contribution in [-0.2, 0) is 15.9 Å². The van der Waals surface area contributed by atoms with E-state index in [1.807, 2.05) is 0 Å². The summed E-state index contributed by atoms with van der Waals surface area (Å²) in [5, 5.41) is 11.1. The molecule has 2 aromatic rings. The molecule has 9 nitrogen and oxygen atoms in total. The monoisotopic (exact) mass is 410 g/mol. The van der Waals surface area contributed by atoms with Crippen LogP contribution in [0, 0.1) is 21.7 Å². The van der Waals surface area contributed by atoms with Crippen LogP contribution in [0.25, 0.3) is 0 Å². The highest BCUT2D eigenvalue weighted by Gasteiger charge is 2.25. The Bertz CT molecular complexity index is 979. The molecule has 0 amide bonds. The van der Waals surface area contributed by atoms with Gasteiger partial charge in [-0.3, -0.25) is 10.1 Å². The summed E-state index contributed by atoms with van der Waals surface area (Å²) < 4.78 is 42.3. The number of ether oxygens (including phenoxy) is 3. The van der Waals surface area contributed by atoms with E-state index in [2.05, 4.69) is 9.47 Å². The van der Waals surface area contributed by atoms with Crippen molar-refractivity contribution in [2.75, 3.05) is 26.6 Å². The number of nitro groups is 1. The van der Waals surface area contributed by atoms with Crippen molar-refractivity contribution in [3.63, 3.8) is 0 Å². The van der Waals surface area contributed by atoms with Crippen molar-refractivity contribution in [2.45, 2.75) is 6.42 Å². The number of nitrogens with zero attached hydrogens (tertiary/aromatic N) is 1. The van der Waals surface area contributed by atoms with Gasteiger partial charge in [0.05, 0.1) is 37.4 Å². The second-order valence-electron chi connectivity index (χ2n) is 5.67. The van der Waals surface area contributed by atoms with Crippen LogP contribution in [0.2, 0.25) is 0 Å². The zero-order valence-corrected chi connectivity index (χ0v) is 15.4. The molecule has 0 aromatic heterocycles. The van der Waals surface area contributed by atoms with Gasteiger partial charge in [-0.2, -0.15) is 0 Å². The minimum atomic E-state index is -1.08. The summed E-state index contributed by atoms with van der Waals surface area (Å²) >= 11 is 0. The maximum Gasteiger partial charge on any atom is 0.345 e. The van der Waals surface area contributed by atoms with Crippen LogP contribution in [0.1, 0.15) is 26.3 Å². The van der Waals surface area contributed by atoms with Crippen molar-refractivity contribution in [1.29, 1.82) is 0 Å². The van der Waals surface area contributed by atoms with Gasteiger partial charge < -0.3 is 19.9 Å². The van der Waals surface area contributed by atoms with Gasteiger partial charge in [0.15, 0.2) is 11.6 Å². The SMILES string of the molecule is COC(=O)c1cc(F)c(CCOc2cc([N+](=O)[O-])c(C(=O)OC)cc2F)cc1N. The van der Waals surface area contributed by atoms with Gasteiger partial charge in [0.1, 0.15) is 11.4 Å². The fourth-order valence-corrected chi connectivity index (χ4v) is 2.46. The number of carbonyl (C=O) groups excluding carboxylic acids is 2. The Morgan fingerprint density at radius 2 is 1.62 bits per heavy atom. The lowest BCUT2D eigenvalue weighted by molar-refractivity contribution is -0.385. The van der Waals surface area contributed by atoms with Crippen molar-refractivity contribution in [1.82, 2.24) is 0 Å². The molecule has 0 heterocycles. The molecule has 0 aliphatic carbocycles. The minimum absolute atomic E-state index is 0.0162. The predicted molar refractivity (Wildman–Crippen MR) is 95.7 cm³/mol. The van der Waals surface area contributed by atoms with Crippen LogP contribution < -0.4 is 10.5 Å². The molecule has 154 valence electrons. The molecule has 0 saturated carbocycles. The number of carbonyl (C=O) groups is 2. The van der Waals surface area contributed by atoms with Crippen molar-refractivity contribution in [3.05, 3.63) is 62.7 Å². The Morgan fingerprint density at radius 1 is 1.03 bits per heavy atom. The molecule has 0 saturated heterocycles. The Morgan fingerprint density at radius 3 is 2.21 bits per heavy atom. The number of methoxy groups -OCH3 is 2. The molecule has 2 rings (SSSR count). The molecule has 2 N–H and O–H groups in total. The van der Waals surface area contributed by atoms with E-state index in [4.69, 9.17) is 10.5 Å².